The fourth-order valence-electron chi connectivity index (χ4n) is 4.41. The molecule has 1 unspecified atom stereocenters. The van der Waals surface area contributed by atoms with Crippen LogP contribution >= 0.6 is 23.1 Å². The second kappa shape index (κ2) is 13.2. The highest BCUT2D eigenvalue weighted by atomic mass is 32.2. The average molecular weight is 606 g/mol. The van der Waals surface area contributed by atoms with Crippen molar-refractivity contribution in [2.24, 2.45) is 0 Å². The molecule has 0 radical (unpaired) electrons. The Hall–Kier alpha value is -4.22. The van der Waals surface area contributed by atoms with Gasteiger partial charge < -0.3 is 14.6 Å². The number of carbonyl (C=O) groups excluding carboxylic acids is 2. The molecular formula is C31H28FN3O5S2. The minimum Gasteiger partial charge on any atom is -0.507 e. The molecule has 3 aromatic carbocycles. The van der Waals surface area contributed by atoms with Crippen LogP contribution in [0.2, 0.25) is 0 Å². The number of nitrogens with zero attached hydrogens (tertiary/aromatic N) is 3. The lowest BCUT2D eigenvalue weighted by atomic mass is 9.95. The van der Waals surface area contributed by atoms with E-state index < -0.39 is 17.7 Å². The Labute approximate surface area is 250 Å². The smallest absolute Gasteiger partial charge is 0.301 e. The fraction of sp³-hybridized carbons (Fsp3) is 0.226. The molecule has 1 saturated heterocycles. The van der Waals surface area contributed by atoms with Gasteiger partial charge in [-0.1, -0.05) is 60.7 Å². The number of rotatable bonds is 11. The van der Waals surface area contributed by atoms with Crippen LogP contribution in [-0.4, -0.2) is 40.7 Å². The van der Waals surface area contributed by atoms with Gasteiger partial charge in [0.2, 0.25) is 5.13 Å². The lowest BCUT2D eigenvalue weighted by Crippen LogP contribution is -2.29. The van der Waals surface area contributed by atoms with Gasteiger partial charge in [-0.05, 0) is 66.1 Å². The van der Waals surface area contributed by atoms with Crippen LogP contribution in [0, 0.1) is 5.82 Å². The molecule has 1 amide bonds. The molecule has 2 heterocycles. The summed E-state index contributed by atoms with van der Waals surface area (Å²) in [7, 11) is 1.53. The number of amides is 1. The lowest BCUT2D eigenvalue weighted by molar-refractivity contribution is -0.132. The number of anilines is 1. The monoisotopic (exact) mass is 605 g/mol. The third-order valence-corrected chi connectivity index (χ3v) is 8.77. The number of ether oxygens (including phenoxy) is 2. The molecule has 5 rings (SSSR count). The van der Waals surface area contributed by atoms with E-state index in [1.807, 2.05) is 0 Å². The zero-order chi connectivity index (χ0) is 29.6. The standard InChI is InChI=1S/C31H28FN3O5S2/c1-3-4-17-40-24-15-7-20(8-16-24)26-25(27(36)21-9-13-23(39-2)14-10-21)28(37)29(38)35(26)30-33-34-31(42-30)41-18-19-5-11-22(32)12-6-19/h5-16,26,36H,3-4,17-18H2,1-2H3/b27-25-. The number of aliphatic hydroxyl groups excluding tert-OH is 1. The van der Waals surface area contributed by atoms with Crippen molar-refractivity contribution in [1.82, 2.24) is 10.2 Å². The number of aliphatic hydroxyl groups is 1. The number of ketones is 1. The van der Waals surface area contributed by atoms with Gasteiger partial charge in [-0.15, -0.1) is 10.2 Å². The summed E-state index contributed by atoms with van der Waals surface area (Å²) >= 11 is 2.55. The molecule has 216 valence electrons. The van der Waals surface area contributed by atoms with Crippen molar-refractivity contribution >= 4 is 45.7 Å². The third kappa shape index (κ3) is 6.32. The van der Waals surface area contributed by atoms with Gasteiger partial charge in [0.1, 0.15) is 23.1 Å². The maximum atomic E-state index is 13.5. The van der Waals surface area contributed by atoms with E-state index in [-0.39, 0.29) is 22.3 Å². The first-order valence-corrected chi connectivity index (χ1v) is 15.1. The van der Waals surface area contributed by atoms with Crippen LogP contribution in [0.15, 0.2) is 82.7 Å². The topological polar surface area (TPSA) is 102 Å². The Morgan fingerprint density at radius 3 is 2.36 bits per heavy atom. The summed E-state index contributed by atoms with van der Waals surface area (Å²) in [4.78, 5) is 28.2. The van der Waals surface area contributed by atoms with Crippen LogP contribution in [0.1, 0.15) is 42.5 Å². The van der Waals surface area contributed by atoms with Crippen molar-refractivity contribution in [3.05, 3.63) is 101 Å². The Balaban J connectivity index is 1.50. The van der Waals surface area contributed by atoms with Crippen molar-refractivity contribution in [2.75, 3.05) is 18.6 Å². The van der Waals surface area contributed by atoms with E-state index in [0.29, 0.717) is 39.3 Å². The Bertz CT molecular complexity index is 1590. The predicted molar refractivity (Wildman–Crippen MR) is 160 cm³/mol. The first kappa shape index (κ1) is 29.3. The maximum Gasteiger partial charge on any atom is 0.301 e. The molecule has 0 aliphatic carbocycles. The molecule has 0 spiro atoms. The van der Waals surface area contributed by atoms with Crippen LogP contribution in [0.25, 0.3) is 5.76 Å². The number of halogens is 1. The molecular weight excluding hydrogens is 577 g/mol. The molecule has 1 aromatic heterocycles. The quantitative estimate of drug-likeness (QED) is 0.0499. The molecule has 1 aliphatic rings. The number of unbranched alkanes of at least 4 members (excludes halogenated alkanes) is 1. The van der Waals surface area contributed by atoms with Gasteiger partial charge in [0.25, 0.3) is 5.78 Å². The highest BCUT2D eigenvalue weighted by molar-refractivity contribution is 8.00. The molecule has 4 aromatic rings. The molecule has 0 saturated carbocycles. The van der Waals surface area contributed by atoms with E-state index in [2.05, 4.69) is 17.1 Å². The van der Waals surface area contributed by atoms with Crippen molar-refractivity contribution in [1.29, 1.82) is 0 Å². The summed E-state index contributed by atoms with van der Waals surface area (Å²) in [5.74, 6) is -0.489. The summed E-state index contributed by atoms with van der Waals surface area (Å²) in [6.45, 7) is 2.66. The molecule has 0 bridgehead atoms. The van der Waals surface area contributed by atoms with E-state index in [4.69, 9.17) is 9.47 Å². The second-order valence-corrected chi connectivity index (χ2v) is 11.6. The van der Waals surface area contributed by atoms with Gasteiger partial charge in [-0.2, -0.15) is 0 Å². The normalized spacial score (nSPS) is 16.2. The van der Waals surface area contributed by atoms with E-state index >= 15 is 0 Å². The SMILES string of the molecule is CCCCOc1ccc(C2/C(=C(/O)c3ccc(OC)cc3)C(=O)C(=O)N2c2nnc(SCc3ccc(F)cc3)s2)cc1. The summed E-state index contributed by atoms with van der Waals surface area (Å²) in [5, 5.41) is 20.0. The third-order valence-electron chi connectivity index (χ3n) is 6.65. The predicted octanol–water partition coefficient (Wildman–Crippen LogP) is 6.78. The number of methoxy groups -OCH3 is 1. The van der Waals surface area contributed by atoms with Gasteiger partial charge in [0.15, 0.2) is 4.34 Å². The summed E-state index contributed by atoms with van der Waals surface area (Å²) in [6.07, 6.45) is 1.92. The lowest BCUT2D eigenvalue weighted by Gasteiger charge is -2.22. The fourth-order valence-corrected chi connectivity index (χ4v) is 6.24. The van der Waals surface area contributed by atoms with Crippen molar-refractivity contribution < 1.29 is 28.6 Å². The van der Waals surface area contributed by atoms with E-state index in [0.717, 1.165) is 29.7 Å². The number of aromatic nitrogens is 2. The number of thioether (sulfide) groups is 1. The number of carbonyl (C=O) groups is 2. The van der Waals surface area contributed by atoms with E-state index in [1.54, 1.807) is 60.7 Å². The minimum absolute atomic E-state index is 0.0551. The molecule has 1 N–H and O–H groups in total. The number of hydrogen-bond acceptors (Lipinski definition) is 9. The molecule has 42 heavy (non-hydrogen) atoms. The Morgan fingerprint density at radius 2 is 1.69 bits per heavy atom. The van der Waals surface area contributed by atoms with Crippen molar-refractivity contribution in [3.8, 4) is 11.5 Å². The van der Waals surface area contributed by atoms with Crippen molar-refractivity contribution in [2.45, 2.75) is 35.9 Å². The Kier molecular flexibility index (Phi) is 9.19. The second-order valence-electron chi connectivity index (χ2n) is 9.43. The van der Waals surface area contributed by atoms with Crippen molar-refractivity contribution in [3.63, 3.8) is 0 Å². The number of hydrogen-bond donors (Lipinski definition) is 1. The zero-order valence-corrected chi connectivity index (χ0v) is 24.6. The van der Waals surface area contributed by atoms with Gasteiger partial charge >= 0.3 is 5.91 Å². The first-order chi connectivity index (χ1) is 20.4. The summed E-state index contributed by atoms with van der Waals surface area (Å²) in [6, 6.07) is 18.9. The van der Waals surface area contributed by atoms with E-state index in [9.17, 15) is 19.1 Å². The van der Waals surface area contributed by atoms with Gasteiger partial charge in [0.05, 0.1) is 25.3 Å². The summed E-state index contributed by atoms with van der Waals surface area (Å²) in [5.41, 5.74) is 1.81. The van der Waals surface area contributed by atoms with Gasteiger partial charge in [-0.25, -0.2) is 4.39 Å². The minimum atomic E-state index is -0.945. The van der Waals surface area contributed by atoms with Gasteiger partial charge in [-0.3, -0.25) is 14.5 Å². The molecule has 1 atom stereocenters. The van der Waals surface area contributed by atoms with Gasteiger partial charge in [0, 0.05) is 11.3 Å². The zero-order valence-electron chi connectivity index (χ0n) is 23.0. The highest BCUT2D eigenvalue weighted by Crippen LogP contribution is 2.44. The Morgan fingerprint density at radius 1 is 1.00 bits per heavy atom. The molecule has 8 nitrogen and oxygen atoms in total. The number of benzene rings is 3. The van der Waals surface area contributed by atoms with Crippen LogP contribution in [0.5, 0.6) is 11.5 Å². The largest absolute Gasteiger partial charge is 0.507 e. The number of Topliss-reactive ketones (excluding diaryl/α,β-unsaturated/α-hetero) is 1. The molecule has 1 fully saturated rings. The maximum absolute atomic E-state index is 13.5. The van der Waals surface area contributed by atoms with E-state index in [1.165, 1.54) is 35.9 Å². The van der Waals surface area contributed by atoms with Crippen LogP contribution in [-0.2, 0) is 15.3 Å². The van der Waals surface area contributed by atoms with Crippen LogP contribution < -0.4 is 14.4 Å². The molecule has 1 aliphatic heterocycles. The highest BCUT2D eigenvalue weighted by Gasteiger charge is 2.48. The molecule has 11 heteroatoms. The van der Waals surface area contributed by atoms with Crippen LogP contribution in [0.3, 0.4) is 0 Å². The average Bonchev–Trinajstić information content (AvgIpc) is 3.58. The summed E-state index contributed by atoms with van der Waals surface area (Å²) < 4.78 is 24.8. The van der Waals surface area contributed by atoms with Crippen LogP contribution in [0.4, 0.5) is 9.52 Å². The first-order valence-electron chi connectivity index (χ1n) is 13.3.